The van der Waals surface area contributed by atoms with E-state index in [9.17, 15) is 13.6 Å². The molecule has 0 N–H and O–H groups in total. The lowest BCUT2D eigenvalue weighted by Crippen LogP contribution is -2.00. The first kappa shape index (κ1) is 12.9. The van der Waals surface area contributed by atoms with Crippen LogP contribution in [-0.2, 0) is 4.84 Å². The van der Waals surface area contributed by atoms with Crippen molar-refractivity contribution < 1.29 is 18.4 Å². The number of nitrogens with zero attached hydrogens (tertiary/aromatic N) is 1. The third-order valence-electron chi connectivity index (χ3n) is 2.29. The summed E-state index contributed by atoms with van der Waals surface area (Å²) in [5, 5.41) is 3.48. The number of carbonyl (C=O) groups is 1. The first-order valence-corrected chi connectivity index (χ1v) is 5.41. The van der Waals surface area contributed by atoms with Crippen LogP contribution in [0.4, 0.5) is 8.78 Å². The van der Waals surface area contributed by atoms with Crippen molar-refractivity contribution in [2.75, 3.05) is 0 Å². The Morgan fingerprint density at radius 2 is 1.47 bits per heavy atom. The van der Waals surface area contributed by atoms with E-state index in [1.54, 1.807) is 0 Å². The molecule has 0 heterocycles. The zero-order chi connectivity index (χ0) is 13.7. The van der Waals surface area contributed by atoms with Gasteiger partial charge in [0, 0.05) is 0 Å². The largest absolute Gasteiger partial charge is 0.365 e. The van der Waals surface area contributed by atoms with E-state index in [2.05, 4.69) is 9.99 Å². The van der Waals surface area contributed by atoms with E-state index in [0.717, 1.165) is 12.1 Å². The van der Waals surface area contributed by atoms with E-state index in [4.69, 9.17) is 0 Å². The summed E-state index contributed by atoms with van der Waals surface area (Å²) in [6.07, 6.45) is 1.28. The fraction of sp³-hybridized carbons (Fsp3) is 0. The van der Waals surface area contributed by atoms with Crippen molar-refractivity contribution in [3.63, 3.8) is 0 Å². The smallest absolute Gasteiger partial charge is 0.313 e. The van der Waals surface area contributed by atoms with Crippen LogP contribution in [0.3, 0.4) is 0 Å². The molecule has 0 aliphatic heterocycles. The summed E-state index contributed by atoms with van der Waals surface area (Å²) in [4.78, 5) is 16.1. The maximum atomic E-state index is 12.6. The highest BCUT2D eigenvalue weighted by Gasteiger charge is 2.06. The van der Waals surface area contributed by atoms with Crippen LogP contribution in [0.1, 0.15) is 15.9 Å². The number of carbonyl (C=O) groups excluding carboxylic acids is 1. The number of benzene rings is 2. The minimum atomic E-state index is -0.696. The molecule has 0 aliphatic rings. The van der Waals surface area contributed by atoms with Crippen LogP contribution in [0.25, 0.3) is 0 Å². The second-order valence-electron chi connectivity index (χ2n) is 3.67. The van der Waals surface area contributed by atoms with Crippen molar-refractivity contribution in [2.24, 2.45) is 5.16 Å². The molecule has 0 spiro atoms. The third-order valence-corrected chi connectivity index (χ3v) is 2.29. The van der Waals surface area contributed by atoms with Gasteiger partial charge in [0.1, 0.15) is 11.6 Å². The second-order valence-corrected chi connectivity index (χ2v) is 3.67. The van der Waals surface area contributed by atoms with Crippen LogP contribution in [0, 0.1) is 11.6 Å². The predicted molar refractivity (Wildman–Crippen MR) is 65.8 cm³/mol. The summed E-state index contributed by atoms with van der Waals surface area (Å²) in [5.41, 5.74) is 0.783. The standard InChI is InChI=1S/C14H9F2NO2/c15-12-5-1-10(2-6-12)9-17-19-14(18)11-3-7-13(16)8-4-11/h1-9H/b17-9+. The Labute approximate surface area is 108 Å². The maximum absolute atomic E-state index is 12.6. The monoisotopic (exact) mass is 261 g/mol. The molecule has 0 saturated carbocycles. The Morgan fingerprint density at radius 1 is 0.947 bits per heavy atom. The molecule has 0 aliphatic carbocycles. The van der Waals surface area contributed by atoms with Crippen LogP contribution >= 0.6 is 0 Å². The van der Waals surface area contributed by atoms with E-state index in [-0.39, 0.29) is 11.4 Å². The summed E-state index contributed by atoms with van der Waals surface area (Å²) in [7, 11) is 0. The average Bonchev–Trinajstić information content (AvgIpc) is 2.41. The van der Waals surface area contributed by atoms with Crippen LogP contribution in [-0.4, -0.2) is 12.2 Å². The highest BCUT2D eigenvalue weighted by Crippen LogP contribution is 2.05. The van der Waals surface area contributed by atoms with E-state index in [1.165, 1.54) is 42.6 Å². The topological polar surface area (TPSA) is 38.7 Å². The molecule has 0 aromatic heterocycles. The van der Waals surface area contributed by atoms with Gasteiger partial charge in [0.05, 0.1) is 11.8 Å². The van der Waals surface area contributed by atoms with Crippen LogP contribution in [0.15, 0.2) is 53.7 Å². The summed E-state index contributed by atoms with van der Waals surface area (Å²) in [6.45, 7) is 0. The van der Waals surface area contributed by atoms with Gasteiger partial charge in [-0.1, -0.05) is 17.3 Å². The second kappa shape index (κ2) is 5.86. The van der Waals surface area contributed by atoms with Crippen molar-refractivity contribution in [3.05, 3.63) is 71.3 Å². The van der Waals surface area contributed by atoms with Crippen molar-refractivity contribution >= 4 is 12.2 Å². The Bertz CT molecular complexity index is 592. The van der Waals surface area contributed by atoms with Gasteiger partial charge in [0.15, 0.2) is 0 Å². The molecule has 2 rings (SSSR count). The molecule has 0 amide bonds. The molecular formula is C14H9F2NO2. The zero-order valence-electron chi connectivity index (χ0n) is 9.72. The van der Waals surface area contributed by atoms with Gasteiger partial charge < -0.3 is 4.84 Å². The molecule has 3 nitrogen and oxygen atoms in total. The number of hydrogen-bond donors (Lipinski definition) is 0. The first-order chi connectivity index (χ1) is 9.15. The lowest BCUT2D eigenvalue weighted by atomic mass is 10.2. The quantitative estimate of drug-likeness (QED) is 0.483. The number of halogens is 2. The van der Waals surface area contributed by atoms with E-state index >= 15 is 0 Å². The SMILES string of the molecule is O=C(O/N=C/c1ccc(F)cc1)c1ccc(F)cc1. The highest BCUT2D eigenvalue weighted by atomic mass is 19.1. The van der Waals surface area contributed by atoms with Gasteiger partial charge in [-0.2, -0.15) is 0 Å². The van der Waals surface area contributed by atoms with Crippen molar-refractivity contribution in [3.8, 4) is 0 Å². The number of hydrogen-bond acceptors (Lipinski definition) is 3. The van der Waals surface area contributed by atoms with Gasteiger partial charge in [-0.05, 0) is 42.0 Å². The summed E-state index contributed by atoms with van der Waals surface area (Å²) < 4.78 is 25.3. The molecule has 0 atom stereocenters. The Balaban J connectivity index is 1.96. The van der Waals surface area contributed by atoms with Crippen LogP contribution in [0.5, 0.6) is 0 Å². The normalized spacial score (nSPS) is 10.6. The van der Waals surface area contributed by atoms with E-state index in [0.29, 0.717) is 5.56 Å². The van der Waals surface area contributed by atoms with Gasteiger partial charge >= 0.3 is 5.97 Å². The lowest BCUT2D eigenvalue weighted by Gasteiger charge is -1.97. The molecule has 0 radical (unpaired) electrons. The summed E-state index contributed by atoms with van der Waals surface area (Å²) >= 11 is 0. The van der Waals surface area contributed by atoms with Crippen molar-refractivity contribution in [1.82, 2.24) is 0 Å². The molecule has 0 saturated heterocycles. The summed E-state index contributed by atoms with van der Waals surface area (Å²) in [6, 6.07) is 10.4. The fourth-order valence-electron chi connectivity index (χ4n) is 1.32. The molecule has 19 heavy (non-hydrogen) atoms. The van der Waals surface area contributed by atoms with Crippen LogP contribution < -0.4 is 0 Å². The average molecular weight is 261 g/mol. The van der Waals surface area contributed by atoms with Gasteiger partial charge in [0.25, 0.3) is 0 Å². The Morgan fingerprint density at radius 3 is 2.05 bits per heavy atom. The van der Waals surface area contributed by atoms with Gasteiger partial charge in [-0.3, -0.25) is 0 Å². The number of rotatable bonds is 3. The molecule has 2 aromatic carbocycles. The molecule has 0 fully saturated rings. The van der Waals surface area contributed by atoms with Crippen LogP contribution in [0.2, 0.25) is 0 Å². The first-order valence-electron chi connectivity index (χ1n) is 5.41. The van der Waals surface area contributed by atoms with E-state index in [1.807, 2.05) is 0 Å². The van der Waals surface area contributed by atoms with Crippen molar-refractivity contribution in [1.29, 1.82) is 0 Å². The minimum absolute atomic E-state index is 0.192. The maximum Gasteiger partial charge on any atom is 0.365 e. The van der Waals surface area contributed by atoms with Gasteiger partial charge in [-0.15, -0.1) is 0 Å². The molecular weight excluding hydrogens is 252 g/mol. The third kappa shape index (κ3) is 3.70. The summed E-state index contributed by atoms with van der Waals surface area (Å²) in [5.74, 6) is -1.50. The molecule has 2 aromatic rings. The molecule has 5 heteroatoms. The lowest BCUT2D eigenvalue weighted by molar-refractivity contribution is 0.0519. The Kier molecular flexibility index (Phi) is 3.97. The van der Waals surface area contributed by atoms with Gasteiger partial charge in [-0.25, -0.2) is 13.6 Å². The predicted octanol–water partition coefficient (Wildman–Crippen LogP) is 3.16. The van der Waals surface area contributed by atoms with Gasteiger partial charge in [0.2, 0.25) is 0 Å². The van der Waals surface area contributed by atoms with Crippen molar-refractivity contribution in [2.45, 2.75) is 0 Å². The Hall–Kier alpha value is -2.56. The molecule has 96 valence electrons. The molecule has 0 bridgehead atoms. The fourth-order valence-corrected chi connectivity index (χ4v) is 1.32. The highest BCUT2D eigenvalue weighted by molar-refractivity contribution is 5.90. The van der Waals surface area contributed by atoms with E-state index < -0.39 is 11.8 Å². The number of oxime groups is 1. The molecule has 0 unspecified atom stereocenters. The zero-order valence-corrected chi connectivity index (χ0v) is 9.72. The minimum Gasteiger partial charge on any atom is -0.313 e.